The summed E-state index contributed by atoms with van der Waals surface area (Å²) in [6, 6.07) is 17.2. The molecule has 0 spiro atoms. The fourth-order valence-electron chi connectivity index (χ4n) is 7.21. The van der Waals surface area contributed by atoms with E-state index < -0.39 is 0 Å². The van der Waals surface area contributed by atoms with Crippen LogP contribution in [0.1, 0.15) is 75.7 Å². The molecule has 2 saturated carbocycles. The summed E-state index contributed by atoms with van der Waals surface area (Å²) in [5.74, 6) is 0.997. The Kier molecular flexibility index (Phi) is 8.83. The van der Waals surface area contributed by atoms with E-state index in [9.17, 15) is 14.4 Å². The molecule has 220 valence electrons. The molecule has 3 aliphatic rings. The van der Waals surface area contributed by atoms with Crippen LogP contribution in [0, 0.1) is 17.8 Å². The number of rotatable bonds is 9. The SMILES string of the molecule is CC(=O)Oc1cccc(C23CCN(CC4CC4)CC2C(OC(C)=O)CC(N(CC(C)C)C(=O)c2ccccc2)C3)c1. The van der Waals surface area contributed by atoms with Gasteiger partial charge in [0.1, 0.15) is 11.9 Å². The second-order valence-corrected chi connectivity index (χ2v) is 12.8. The summed E-state index contributed by atoms with van der Waals surface area (Å²) < 4.78 is 11.7. The molecule has 0 N–H and O–H groups in total. The zero-order valence-electron chi connectivity index (χ0n) is 24.9. The summed E-state index contributed by atoms with van der Waals surface area (Å²) in [5, 5.41) is 0. The number of nitrogens with zero attached hydrogens (tertiary/aromatic N) is 2. The number of carbonyl (C=O) groups is 3. The maximum Gasteiger partial charge on any atom is 0.308 e. The Hall–Kier alpha value is -3.19. The van der Waals surface area contributed by atoms with Crippen molar-refractivity contribution in [2.45, 2.75) is 77.4 Å². The summed E-state index contributed by atoms with van der Waals surface area (Å²) in [6.45, 7) is 10.7. The minimum atomic E-state index is -0.355. The molecule has 0 radical (unpaired) electrons. The van der Waals surface area contributed by atoms with Gasteiger partial charge in [-0.2, -0.15) is 0 Å². The van der Waals surface area contributed by atoms with E-state index in [2.05, 4.69) is 24.8 Å². The Morgan fingerprint density at radius 3 is 2.44 bits per heavy atom. The molecule has 1 heterocycles. The number of hydrogen-bond acceptors (Lipinski definition) is 6. The lowest BCUT2D eigenvalue weighted by Crippen LogP contribution is -2.62. The molecule has 3 fully saturated rings. The molecule has 4 unspecified atom stereocenters. The number of benzene rings is 2. The van der Waals surface area contributed by atoms with Crippen molar-refractivity contribution < 1.29 is 23.9 Å². The Bertz CT molecular complexity index is 1240. The second-order valence-electron chi connectivity index (χ2n) is 12.8. The number of esters is 2. The predicted molar refractivity (Wildman–Crippen MR) is 158 cm³/mol. The van der Waals surface area contributed by atoms with Gasteiger partial charge in [0.2, 0.25) is 0 Å². The van der Waals surface area contributed by atoms with Crippen LogP contribution in [0.4, 0.5) is 0 Å². The normalized spacial score (nSPS) is 26.2. The van der Waals surface area contributed by atoms with E-state index >= 15 is 0 Å². The molecule has 1 saturated heterocycles. The number of carbonyl (C=O) groups excluding carboxylic acids is 3. The maximum atomic E-state index is 14.0. The molecule has 7 heteroatoms. The molecule has 2 aromatic rings. The second kappa shape index (κ2) is 12.4. The van der Waals surface area contributed by atoms with E-state index in [1.807, 2.05) is 53.4 Å². The number of hydrogen-bond donors (Lipinski definition) is 0. The fraction of sp³-hybridized carbons (Fsp3) is 0.559. The van der Waals surface area contributed by atoms with Gasteiger partial charge in [0.25, 0.3) is 5.91 Å². The van der Waals surface area contributed by atoms with Gasteiger partial charge in [-0.05, 0) is 73.9 Å². The molecule has 2 aliphatic carbocycles. The Morgan fingerprint density at radius 1 is 1.02 bits per heavy atom. The summed E-state index contributed by atoms with van der Waals surface area (Å²) >= 11 is 0. The van der Waals surface area contributed by atoms with Crippen molar-refractivity contribution >= 4 is 17.8 Å². The van der Waals surface area contributed by atoms with Crippen molar-refractivity contribution in [2.24, 2.45) is 17.8 Å². The van der Waals surface area contributed by atoms with Gasteiger partial charge in [-0.1, -0.05) is 44.2 Å². The minimum Gasteiger partial charge on any atom is -0.462 e. The molecule has 41 heavy (non-hydrogen) atoms. The summed E-state index contributed by atoms with van der Waals surface area (Å²) in [6.07, 6.45) is 4.51. The molecule has 0 bridgehead atoms. The highest BCUT2D eigenvalue weighted by Gasteiger charge is 2.55. The number of likely N-dealkylation sites (tertiary alicyclic amines) is 1. The van der Waals surface area contributed by atoms with Crippen molar-refractivity contribution in [2.75, 3.05) is 26.2 Å². The molecule has 1 aliphatic heterocycles. The van der Waals surface area contributed by atoms with E-state index in [1.54, 1.807) is 0 Å². The minimum absolute atomic E-state index is 0.0132. The standard InChI is InChI=1S/C34H44N2O5/c1-23(2)20-36(33(39)27-9-6-5-7-10-27)29-18-32(41-25(4)38)31-22-35(21-26-13-14-26)16-15-34(31,19-29)28-11-8-12-30(17-28)40-24(3)37/h5-12,17,23,26,29,31-32H,13-16,18-22H2,1-4H3. The average Bonchev–Trinajstić information content (AvgIpc) is 3.75. The van der Waals surface area contributed by atoms with Crippen LogP contribution in [0.2, 0.25) is 0 Å². The Balaban J connectivity index is 1.57. The van der Waals surface area contributed by atoms with Crippen LogP contribution < -0.4 is 4.74 Å². The molecule has 7 nitrogen and oxygen atoms in total. The predicted octanol–water partition coefficient (Wildman–Crippen LogP) is 5.47. The number of piperidine rings is 1. The van der Waals surface area contributed by atoms with Gasteiger partial charge in [0.05, 0.1) is 0 Å². The van der Waals surface area contributed by atoms with Crippen molar-refractivity contribution in [3.8, 4) is 5.75 Å². The first-order valence-electron chi connectivity index (χ1n) is 15.2. The summed E-state index contributed by atoms with van der Waals surface area (Å²) in [5.41, 5.74) is 1.42. The highest BCUT2D eigenvalue weighted by Crippen LogP contribution is 2.52. The molecular weight excluding hydrogens is 516 g/mol. The topological polar surface area (TPSA) is 76.2 Å². The molecule has 4 atom stereocenters. The van der Waals surface area contributed by atoms with Crippen LogP contribution in [0.3, 0.4) is 0 Å². The molecule has 5 rings (SSSR count). The average molecular weight is 561 g/mol. The van der Waals surface area contributed by atoms with Gasteiger partial charge in [-0.15, -0.1) is 0 Å². The van der Waals surface area contributed by atoms with Gasteiger partial charge < -0.3 is 19.3 Å². The third-order valence-corrected chi connectivity index (χ3v) is 9.08. The first-order chi connectivity index (χ1) is 19.6. The molecule has 0 aromatic heterocycles. The lowest BCUT2D eigenvalue weighted by Gasteiger charge is -2.57. The van der Waals surface area contributed by atoms with Gasteiger partial charge in [0.15, 0.2) is 0 Å². The van der Waals surface area contributed by atoms with E-state index in [-0.39, 0.29) is 47.2 Å². The highest BCUT2D eigenvalue weighted by atomic mass is 16.5. The molecule has 2 aromatic carbocycles. The number of ether oxygens (including phenoxy) is 2. The van der Waals surface area contributed by atoms with Crippen LogP contribution in [0.25, 0.3) is 0 Å². The van der Waals surface area contributed by atoms with E-state index in [1.165, 1.54) is 26.7 Å². The molecular formula is C34H44N2O5. The first-order valence-corrected chi connectivity index (χ1v) is 15.2. The molecule has 1 amide bonds. The van der Waals surface area contributed by atoms with Crippen LogP contribution in [0.15, 0.2) is 54.6 Å². The maximum absolute atomic E-state index is 14.0. The number of amides is 1. The van der Waals surface area contributed by atoms with Crippen molar-refractivity contribution in [1.82, 2.24) is 9.80 Å². The fourth-order valence-corrected chi connectivity index (χ4v) is 7.21. The summed E-state index contributed by atoms with van der Waals surface area (Å²) in [4.78, 5) is 42.9. The Morgan fingerprint density at radius 2 is 1.78 bits per heavy atom. The highest BCUT2D eigenvalue weighted by molar-refractivity contribution is 5.94. The van der Waals surface area contributed by atoms with Crippen molar-refractivity contribution in [3.63, 3.8) is 0 Å². The third kappa shape index (κ3) is 6.83. The summed E-state index contributed by atoms with van der Waals surface area (Å²) in [7, 11) is 0. The zero-order chi connectivity index (χ0) is 29.1. The van der Waals surface area contributed by atoms with E-state index in [0.29, 0.717) is 24.3 Å². The monoisotopic (exact) mass is 560 g/mol. The smallest absolute Gasteiger partial charge is 0.308 e. The van der Waals surface area contributed by atoms with Crippen LogP contribution in [-0.2, 0) is 19.7 Å². The van der Waals surface area contributed by atoms with Crippen molar-refractivity contribution in [3.05, 3.63) is 65.7 Å². The van der Waals surface area contributed by atoms with Gasteiger partial charge in [-0.3, -0.25) is 14.4 Å². The van der Waals surface area contributed by atoms with E-state index in [0.717, 1.165) is 44.0 Å². The van der Waals surface area contributed by atoms with Crippen LogP contribution >= 0.6 is 0 Å². The lowest BCUT2D eigenvalue weighted by atomic mass is 9.56. The lowest BCUT2D eigenvalue weighted by molar-refractivity contribution is -0.159. The zero-order valence-corrected chi connectivity index (χ0v) is 24.9. The van der Waals surface area contributed by atoms with Crippen LogP contribution in [0.5, 0.6) is 5.75 Å². The van der Waals surface area contributed by atoms with E-state index in [4.69, 9.17) is 9.47 Å². The number of fused-ring (bicyclic) bond motifs is 1. The van der Waals surface area contributed by atoms with Crippen molar-refractivity contribution in [1.29, 1.82) is 0 Å². The van der Waals surface area contributed by atoms with Crippen LogP contribution in [-0.4, -0.2) is 66.0 Å². The van der Waals surface area contributed by atoms with Gasteiger partial charge in [-0.25, -0.2) is 0 Å². The first kappa shape index (κ1) is 29.3. The quantitative estimate of drug-likeness (QED) is 0.299. The van der Waals surface area contributed by atoms with Gasteiger partial charge in [0, 0.05) is 62.8 Å². The van der Waals surface area contributed by atoms with Gasteiger partial charge >= 0.3 is 11.9 Å². The third-order valence-electron chi connectivity index (χ3n) is 9.08. The largest absolute Gasteiger partial charge is 0.462 e. The Labute approximate surface area is 244 Å².